The molecule has 106 valence electrons. The maximum absolute atomic E-state index is 10.7. The number of hydrogen-bond donors (Lipinski definition) is 2. The second kappa shape index (κ2) is 5.60. The molecule has 20 heavy (non-hydrogen) atoms. The quantitative estimate of drug-likeness (QED) is 0.646. The minimum absolute atomic E-state index is 0.00284. The molecule has 0 saturated carbocycles. The number of aromatic amines is 1. The summed E-state index contributed by atoms with van der Waals surface area (Å²) in [7, 11) is 1.48. The molecule has 0 saturated heterocycles. The summed E-state index contributed by atoms with van der Waals surface area (Å²) in [5.74, 6) is 0.443. The Labute approximate surface area is 116 Å². The third-order valence-electron chi connectivity index (χ3n) is 3.13. The molecular formula is C13H16N4O3. The summed E-state index contributed by atoms with van der Waals surface area (Å²) in [6.45, 7) is 4.44. The van der Waals surface area contributed by atoms with Gasteiger partial charge in [0, 0.05) is 23.9 Å². The van der Waals surface area contributed by atoms with Crippen LogP contribution in [0.2, 0.25) is 0 Å². The summed E-state index contributed by atoms with van der Waals surface area (Å²) in [6, 6.07) is 4.49. The van der Waals surface area contributed by atoms with E-state index in [1.54, 1.807) is 6.07 Å². The fourth-order valence-corrected chi connectivity index (χ4v) is 1.96. The third kappa shape index (κ3) is 2.71. The Kier molecular flexibility index (Phi) is 3.88. The van der Waals surface area contributed by atoms with Crippen molar-refractivity contribution in [2.45, 2.75) is 20.4 Å². The molecule has 7 nitrogen and oxygen atoms in total. The van der Waals surface area contributed by atoms with Crippen LogP contribution in [0.1, 0.15) is 17.0 Å². The number of nitro benzene ring substituents is 1. The van der Waals surface area contributed by atoms with Gasteiger partial charge >= 0.3 is 0 Å². The SMILES string of the molecule is COc1cc([N+](=O)[O-])ccc1NCc1c(C)n[nH]c1C. The molecule has 0 amide bonds. The molecule has 2 aromatic rings. The second-order valence-corrected chi connectivity index (χ2v) is 4.41. The van der Waals surface area contributed by atoms with Gasteiger partial charge in [0.05, 0.1) is 29.5 Å². The second-order valence-electron chi connectivity index (χ2n) is 4.41. The third-order valence-corrected chi connectivity index (χ3v) is 3.13. The number of aromatic nitrogens is 2. The number of nitrogens with one attached hydrogen (secondary N) is 2. The topological polar surface area (TPSA) is 93.1 Å². The number of rotatable bonds is 5. The van der Waals surface area contributed by atoms with E-state index >= 15 is 0 Å². The molecular weight excluding hydrogens is 260 g/mol. The van der Waals surface area contributed by atoms with Crippen LogP contribution in [-0.2, 0) is 6.54 Å². The lowest BCUT2D eigenvalue weighted by molar-refractivity contribution is -0.384. The average Bonchev–Trinajstić information content (AvgIpc) is 2.75. The molecule has 1 aromatic carbocycles. The highest BCUT2D eigenvalue weighted by Crippen LogP contribution is 2.29. The van der Waals surface area contributed by atoms with Gasteiger partial charge in [0.25, 0.3) is 5.69 Å². The lowest BCUT2D eigenvalue weighted by Gasteiger charge is -2.11. The molecule has 1 aromatic heterocycles. The average molecular weight is 276 g/mol. The summed E-state index contributed by atoms with van der Waals surface area (Å²) in [6.07, 6.45) is 0. The molecule has 0 aliphatic rings. The normalized spacial score (nSPS) is 10.3. The minimum atomic E-state index is -0.448. The molecule has 0 fully saturated rings. The van der Waals surface area contributed by atoms with Crippen LogP contribution < -0.4 is 10.1 Å². The number of non-ortho nitro benzene ring substituents is 1. The van der Waals surface area contributed by atoms with E-state index in [1.807, 2.05) is 13.8 Å². The number of methoxy groups -OCH3 is 1. The smallest absolute Gasteiger partial charge is 0.273 e. The highest BCUT2D eigenvalue weighted by molar-refractivity contribution is 5.61. The van der Waals surface area contributed by atoms with Gasteiger partial charge in [-0.15, -0.1) is 0 Å². The van der Waals surface area contributed by atoms with Gasteiger partial charge in [-0.3, -0.25) is 15.2 Å². The molecule has 7 heteroatoms. The van der Waals surface area contributed by atoms with Crippen molar-refractivity contribution in [2.24, 2.45) is 0 Å². The van der Waals surface area contributed by atoms with E-state index in [9.17, 15) is 10.1 Å². The highest BCUT2D eigenvalue weighted by Gasteiger charge is 2.12. The number of ether oxygens (including phenoxy) is 1. The zero-order valence-electron chi connectivity index (χ0n) is 11.6. The van der Waals surface area contributed by atoms with Crippen LogP contribution in [0.25, 0.3) is 0 Å². The maximum atomic E-state index is 10.7. The standard InChI is InChI=1S/C13H16N4O3/c1-8-11(9(2)16-15-8)7-14-12-5-4-10(17(18)19)6-13(12)20-3/h4-6,14H,7H2,1-3H3,(H,15,16). The highest BCUT2D eigenvalue weighted by atomic mass is 16.6. The Balaban J connectivity index is 2.19. The first-order valence-corrected chi connectivity index (χ1v) is 6.09. The molecule has 0 radical (unpaired) electrons. The largest absolute Gasteiger partial charge is 0.494 e. The first-order chi connectivity index (χ1) is 9.52. The maximum Gasteiger partial charge on any atom is 0.273 e. The summed E-state index contributed by atoms with van der Waals surface area (Å²) >= 11 is 0. The predicted octanol–water partition coefficient (Wildman–Crippen LogP) is 2.56. The molecule has 2 rings (SSSR count). The predicted molar refractivity (Wildman–Crippen MR) is 75.0 cm³/mol. The Hall–Kier alpha value is -2.57. The van der Waals surface area contributed by atoms with Crippen molar-refractivity contribution in [3.05, 3.63) is 45.3 Å². The fourth-order valence-electron chi connectivity index (χ4n) is 1.96. The van der Waals surface area contributed by atoms with Crippen LogP contribution in [0.3, 0.4) is 0 Å². The number of benzene rings is 1. The summed E-state index contributed by atoms with van der Waals surface area (Å²) in [5, 5.41) is 21.0. The van der Waals surface area contributed by atoms with Crippen LogP contribution in [0.4, 0.5) is 11.4 Å². The lowest BCUT2D eigenvalue weighted by Crippen LogP contribution is -2.03. The van der Waals surface area contributed by atoms with Crippen molar-refractivity contribution in [1.29, 1.82) is 0 Å². The summed E-state index contributed by atoms with van der Waals surface area (Å²) in [4.78, 5) is 10.3. The molecule has 0 spiro atoms. The molecule has 0 bridgehead atoms. The van der Waals surface area contributed by atoms with E-state index < -0.39 is 4.92 Å². The Bertz CT molecular complexity index is 617. The van der Waals surface area contributed by atoms with Crippen molar-refractivity contribution in [3.8, 4) is 5.75 Å². The number of aryl methyl sites for hydroxylation is 2. The van der Waals surface area contributed by atoms with E-state index in [-0.39, 0.29) is 5.69 Å². The minimum Gasteiger partial charge on any atom is -0.494 e. The zero-order valence-corrected chi connectivity index (χ0v) is 11.6. The van der Waals surface area contributed by atoms with E-state index in [4.69, 9.17) is 4.74 Å². The van der Waals surface area contributed by atoms with Crippen molar-refractivity contribution < 1.29 is 9.66 Å². The van der Waals surface area contributed by atoms with Crippen molar-refractivity contribution in [2.75, 3.05) is 12.4 Å². The Morgan fingerprint density at radius 1 is 1.45 bits per heavy atom. The van der Waals surface area contributed by atoms with E-state index in [0.29, 0.717) is 18.0 Å². The first kappa shape index (κ1) is 13.9. The van der Waals surface area contributed by atoms with Crippen LogP contribution in [-0.4, -0.2) is 22.2 Å². The first-order valence-electron chi connectivity index (χ1n) is 6.09. The monoisotopic (exact) mass is 276 g/mol. The molecule has 0 aliphatic heterocycles. The van der Waals surface area contributed by atoms with Crippen LogP contribution >= 0.6 is 0 Å². The van der Waals surface area contributed by atoms with E-state index in [2.05, 4.69) is 15.5 Å². The van der Waals surface area contributed by atoms with Gasteiger partial charge in [0.2, 0.25) is 0 Å². The number of anilines is 1. The Morgan fingerprint density at radius 2 is 2.20 bits per heavy atom. The van der Waals surface area contributed by atoms with Gasteiger partial charge < -0.3 is 10.1 Å². The Morgan fingerprint density at radius 3 is 2.75 bits per heavy atom. The fraction of sp³-hybridized carbons (Fsp3) is 0.308. The van der Waals surface area contributed by atoms with Crippen LogP contribution in [0.5, 0.6) is 5.75 Å². The van der Waals surface area contributed by atoms with Crippen molar-refractivity contribution in [1.82, 2.24) is 10.2 Å². The van der Waals surface area contributed by atoms with Gasteiger partial charge in [-0.25, -0.2) is 0 Å². The van der Waals surface area contributed by atoms with Gasteiger partial charge in [0.1, 0.15) is 5.75 Å². The molecule has 0 aliphatic carbocycles. The van der Waals surface area contributed by atoms with E-state index in [0.717, 1.165) is 17.0 Å². The van der Waals surface area contributed by atoms with Crippen molar-refractivity contribution in [3.63, 3.8) is 0 Å². The summed E-state index contributed by atoms with van der Waals surface area (Å²) in [5.41, 5.74) is 3.71. The number of H-pyrrole nitrogens is 1. The van der Waals surface area contributed by atoms with Gasteiger partial charge in [-0.1, -0.05) is 0 Å². The molecule has 1 heterocycles. The van der Waals surface area contributed by atoms with Gasteiger partial charge in [-0.2, -0.15) is 5.10 Å². The number of nitro groups is 1. The lowest BCUT2D eigenvalue weighted by atomic mass is 10.2. The van der Waals surface area contributed by atoms with E-state index in [1.165, 1.54) is 19.2 Å². The number of hydrogen-bond acceptors (Lipinski definition) is 5. The van der Waals surface area contributed by atoms with Gasteiger partial charge in [-0.05, 0) is 19.9 Å². The molecule has 0 atom stereocenters. The van der Waals surface area contributed by atoms with Gasteiger partial charge in [0.15, 0.2) is 0 Å². The van der Waals surface area contributed by atoms with Crippen LogP contribution in [0, 0.1) is 24.0 Å². The summed E-state index contributed by atoms with van der Waals surface area (Å²) < 4.78 is 5.18. The molecule has 2 N–H and O–H groups in total. The molecule has 0 unspecified atom stereocenters. The van der Waals surface area contributed by atoms with Crippen LogP contribution in [0.15, 0.2) is 18.2 Å². The zero-order chi connectivity index (χ0) is 14.7. The van der Waals surface area contributed by atoms with Crippen molar-refractivity contribution >= 4 is 11.4 Å². The number of nitrogens with zero attached hydrogens (tertiary/aromatic N) is 2.